The average molecular weight is 436 g/mol. The molecule has 3 aromatic carbocycles. The molecular formula is C22H17N3O3S2. The van der Waals surface area contributed by atoms with Crippen LogP contribution in [0.5, 0.6) is 0 Å². The third-order valence-corrected chi connectivity index (χ3v) is 6.33. The monoisotopic (exact) mass is 435 g/mol. The van der Waals surface area contributed by atoms with E-state index < -0.39 is 15.7 Å². The summed E-state index contributed by atoms with van der Waals surface area (Å²) >= 11 is 5.44. The summed E-state index contributed by atoms with van der Waals surface area (Å²) in [5.74, 6) is 0.345. The molecule has 4 aromatic rings. The van der Waals surface area contributed by atoms with Crippen LogP contribution in [0.2, 0.25) is 0 Å². The number of nitrogens with one attached hydrogen (secondary N) is 1. The van der Waals surface area contributed by atoms with Gasteiger partial charge in [-0.3, -0.25) is 18.9 Å². The third kappa shape index (κ3) is 4.14. The van der Waals surface area contributed by atoms with Gasteiger partial charge in [-0.15, -0.1) is 0 Å². The molecule has 0 saturated carbocycles. The van der Waals surface area contributed by atoms with Crippen molar-refractivity contribution in [3.05, 3.63) is 105 Å². The van der Waals surface area contributed by atoms with Gasteiger partial charge in [0.25, 0.3) is 5.69 Å². The highest BCUT2D eigenvalue weighted by Crippen LogP contribution is 2.26. The minimum absolute atomic E-state index is 0.0367. The topological polar surface area (TPSA) is 80.9 Å². The minimum atomic E-state index is -1.36. The van der Waals surface area contributed by atoms with E-state index in [9.17, 15) is 14.3 Å². The maximum absolute atomic E-state index is 13.3. The summed E-state index contributed by atoms with van der Waals surface area (Å²) < 4.78 is 15.4. The largest absolute Gasteiger partial charge is 0.330 e. The second-order valence-corrected chi connectivity index (χ2v) is 8.40. The van der Waals surface area contributed by atoms with E-state index in [1.54, 1.807) is 16.8 Å². The maximum Gasteiger partial charge on any atom is 0.271 e. The van der Waals surface area contributed by atoms with Crippen LogP contribution in [0.1, 0.15) is 11.1 Å². The zero-order valence-corrected chi connectivity index (χ0v) is 17.4. The Bertz CT molecular complexity index is 1330. The van der Waals surface area contributed by atoms with E-state index >= 15 is 0 Å². The summed E-state index contributed by atoms with van der Waals surface area (Å²) in [4.78, 5) is 14.4. The molecule has 1 N–H and O–H groups in total. The quantitative estimate of drug-likeness (QED) is 0.246. The molecule has 1 atom stereocenters. The van der Waals surface area contributed by atoms with Crippen LogP contribution in [0.4, 0.5) is 5.69 Å². The van der Waals surface area contributed by atoms with Gasteiger partial charge in [-0.25, -0.2) is 0 Å². The lowest BCUT2D eigenvalue weighted by atomic mass is 10.2. The molecule has 0 aliphatic rings. The summed E-state index contributed by atoms with van der Waals surface area (Å²) in [6.45, 7) is 0. The van der Waals surface area contributed by atoms with Crippen LogP contribution in [0, 0.1) is 14.9 Å². The zero-order valence-electron chi connectivity index (χ0n) is 15.7. The van der Waals surface area contributed by atoms with Crippen molar-refractivity contribution in [2.45, 2.75) is 5.75 Å². The number of nitrogens with zero attached hydrogens (tertiary/aromatic N) is 2. The van der Waals surface area contributed by atoms with Gasteiger partial charge in [0.2, 0.25) is 0 Å². The van der Waals surface area contributed by atoms with E-state index in [0.717, 1.165) is 11.1 Å². The molecule has 0 bridgehead atoms. The second-order valence-electron chi connectivity index (χ2n) is 6.59. The molecule has 30 heavy (non-hydrogen) atoms. The lowest BCUT2D eigenvalue weighted by Crippen LogP contribution is -2.01. The van der Waals surface area contributed by atoms with E-state index in [1.165, 1.54) is 12.1 Å². The Kier molecular flexibility index (Phi) is 5.69. The van der Waals surface area contributed by atoms with Gasteiger partial charge in [-0.05, 0) is 29.4 Å². The molecular weight excluding hydrogens is 418 g/mol. The summed E-state index contributed by atoms with van der Waals surface area (Å²) in [5.41, 5.74) is 2.94. The number of non-ortho nitro benzene ring substituents is 1. The molecule has 0 amide bonds. The highest BCUT2D eigenvalue weighted by Gasteiger charge is 2.15. The summed E-state index contributed by atoms with van der Waals surface area (Å²) in [6.07, 6.45) is 1.71. The van der Waals surface area contributed by atoms with Crippen molar-refractivity contribution in [2.75, 3.05) is 0 Å². The Morgan fingerprint density at radius 1 is 1.07 bits per heavy atom. The van der Waals surface area contributed by atoms with Gasteiger partial charge >= 0.3 is 0 Å². The highest BCUT2D eigenvalue weighted by molar-refractivity contribution is 7.94. The predicted octanol–water partition coefficient (Wildman–Crippen LogP) is 5.51. The first kappa shape index (κ1) is 19.9. The van der Waals surface area contributed by atoms with Gasteiger partial charge in [-0.2, -0.15) is 0 Å². The van der Waals surface area contributed by atoms with Crippen molar-refractivity contribution in [1.82, 2.24) is 9.55 Å². The number of H-pyrrole nitrogens is 1. The van der Waals surface area contributed by atoms with E-state index in [1.807, 2.05) is 60.7 Å². The number of aromatic nitrogens is 2. The molecule has 1 aromatic heterocycles. The van der Waals surface area contributed by atoms with Gasteiger partial charge in [0.1, 0.15) is 0 Å². The van der Waals surface area contributed by atoms with Crippen LogP contribution in [0.3, 0.4) is 0 Å². The number of benzene rings is 3. The molecule has 0 aliphatic carbocycles. The minimum Gasteiger partial charge on any atom is -0.330 e. The van der Waals surface area contributed by atoms with Crippen molar-refractivity contribution >= 4 is 50.8 Å². The molecule has 0 unspecified atom stereocenters. The van der Waals surface area contributed by atoms with Gasteiger partial charge < -0.3 is 4.98 Å². The summed E-state index contributed by atoms with van der Waals surface area (Å²) in [5, 5.41) is 11.2. The normalized spacial score (nSPS) is 12.7. The number of fused-ring (bicyclic) bond motifs is 1. The fourth-order valence-corrected chi connectivity index (χ4v) is 4.67. The molecule has 8 heteroatoms. The summed E-state index contributed by atoms with van der Waals surface area (Å²) in [7, 11) is -1.36. The molecule has 150 valence electrons. The first-order valence-electron chi connectivity index (χ1n) is 9.11. The smallest absolute Gasteiger partial charge is 0.271 e. The van der Waals surface area contributed by atoms with E-state index in [0.29, 0.717) is 26.5 Å². The number of nitro benzene ring substituents is 1. The number of hydrogen-bond donors (Lipinski definition) is 1. The predicted molar refractivity (Wildman–Crippen MR) is 123 cm³/mol. The van der Waals surface area contributed by atoms with Crippen LogP contribution in [0.25, 0.3) is 22.1 Å². The van der Waals surface area contributed by atoms with E-state index in [-0.39, 0.29) is 5.69 Å². The van der Waals surface area contributed by atoms with Crippen LogP contribution in [-0.2, 0) is 16.6 Å². The molecule has 0 spiro atoms. The third-order valence-electron chi connectivity index (χ3n) is 4.60. The SMILES string of the molecule is O=[N+]([O-])c1ccc2[nH]c(=S)n(/C=C(/c3ccccc3)[S@](=O)Cc3ccccc3)c2c1. The first-order valence-corrected chi connectivity index (χ1v) is 10.8. The Balaban J connectivity index is 1.86. The van der Waals surface area contributed by atoms with Crippen LogP contribution in [0.15, 0.2) is 78.9 Å². The van der Waals surface area contributed by atoms with Crippen LogP contribution < -0.4 is 0 Å². The second kappa shape index (κ2) is 8.56. The highest BCUT2D eigenvalue weighted by atomic mass is 32.2. The van der Waals surface area contributed by atoms with Gasteiger partial charge in [0.15, 0.2) is 4.77 Å². The summed E-state index contributed by atoms with van der Waals surface area (Å²) in [6, 6.07) is 23.5. The molecule has 4 rings (SSSR count). The van der Waals surface area contributed by atoms with Gasteiger partial charge in [0, 0.05) is 18.3 Å². The maximum atomic E-state index is 13.3. The van der Waals surface area contributed by atoms with Crippen molar-refractivity contribution in [3.8, 4) is 0 Å². The number of aromatic amines is 1. The van der Waals surface area contributed by atoms with Crippen molar-refractivity contribution in [1.29, 1.82) is 0 Å². The Morgan fingerprint density at radius 2 is 1.73 bits per heavy atom. The molecule has 0 aliphatic heterocycles. The number of rotatable bonds is 6. The Morgan fingerprint density at radius 3 is 2.40 bits per heavy atom. The average Bonchev–Trinajstić information content (AvgIpc) is 3.07. The number of imidazole rings is 1. The van der Waals surface area contributed by atoms with Crippen molar-refractivity contribution in [2.24, 2.45) is 0 Å². The molecule has 0 saturated heterocycles. The molecule has 1 heterocycles. The lowest BCUT2D eigenvalue weighted by Gasteiger charge is -2.09. The Labute approximate surface area is 180 Å². The lowest BCUT2D eigenvalue weighted by molar-refractivity contribution is -0.384. The van der Waals surface area contributed by atoms with Crippen molar-refractivity contribution in [3.63, 3.8) is 0 Å². The number of nitro groups is 1. The molecule has 0 radical (unpaired) electrons. The zero-order chi connectivity index (χ0) is 21.1. The Hall–Kier alpha value is -3.36. The van der Waals surface area contributed by atoms with Crippen LogP contribution in [-0.4, -0.2) is 18.7 Å². The van der Waals surface area contributed by atoms with Gasteiger partial charge in [-0.1, -0.05) is 60.7 Å². The fourth-order valence-electron chi connectivity index (χ4n) is 3.14. The van der Waals surface area contributed by atoms with Gasteiger partial charge in [0.05, 0.1) is 37.4 Å². The standard InChI is InChI=1S/C22H17N3O3S2/c26-25(27)18-11-12-19-20(13-18)24(22(29)23-19)14-21(17-9-5-2-6-10-17)30(28)15-16-7-3-1-4-8-16/h1-14H,15H2,(H,23,29)/b21-14-/t30-/m1/s1. The molecule has 0 fully saturated rings. The first-order chi connectivity index (χ1) is 14.5. The van der Waals surface area contributed by atoms with E-state index in [4.69, 9.17) is 12.2 Å². The molecule has 6 nitrogen and oxygen atoms in total. The fraction of sp³-hybridized carbons (Fsp3) is 0.0455. The van der Waals surface area contributed by atoms with Crippen LogP contribution >= 0.6 is 12.2 Å². The number of hydrogen-bond acceptors (Lipinski definition) is 4. The van der Waals surface area contributed by atoms with E-state index in [2.05, 4.69) is 4.98 Å². The van der Waals surface area contributed by atoms with Crippen molar-refractivity contribution < 1.29 is 9.13 Å².